The summed E-state index contributed by atoms with van der Waals surface area (Å²) in [4.78, 5) is 16.2. The van der Waals surface area contributed by atoms with Crippen LogP contribution < -0.4 is 5.32 Å². The minimum absolute atomic E-state index is 0.237. The lowest BCUT2D eigenvalue weighted by Gasteiger charge is -2.18. The molecule has 6 nitrogen and oxygen atoms in total. The zero-order valence-electron chi connectivity index (χ0n) is 11.5. The Morgan fingerprint density at radius 1 is 1.27 bits per heavy atom. The summed E-state index contributed by atoms with van der Waals surface area (Å²) >= 11 is 3.19. The molecule has 1 N–H and O–H groups in total. The molecule has 22 heavy (non-hydrogen) atoms. The van der Waals surface area contributed by atoms with Crippen LogP contribution in [0.15, 0.2) is 64.2 Å². The molecule has 0 spiro atoms. The fourth-order valence-corrected chi connectivity index (χ4v) is 2.41. The summed E-state index contributed by atoms with van der Waals surface area (Å²) in [5, 5.41) is 7.05. The summed E-state index contributed by atoms with van der Waals surface area (Å²) in [5.41, 5.74) is 0.983. The van der Waals surface area contributed by atoms with Gasteiger partial charge in [-0.2, -0.15) is 5.10 Å². The molecule has 0 saturated heterocycles. The number of rotatable bonds is 5. The van der Waals surface area contributed by atoms with Crippen molar-refractivity contribution in [2.24, 2.45) is 0 Å². The average molecular weight is 361 g/mol. The number of carbonyl (C=O) groups excluding carboxylic acids is 1. The molecular weight excluding hydrogens is 348 g/mol. The Morgan fingerprint density at radius 3 is 2.73 bits per heavy atom. The molecule has 0 bridgehead atoms. The summed E-state index contributed by atoms with van der Waals surface area (Å²) < 4.78 is 7.48. The molecule has 0 saturated carbocycles. The van der Waals surface area contributed by atoms with E-state index in [-0.39, 0.29) is 17.7 Å². The number of amides is 1. The van der Waals surface area contributed by atoms with E-state index < -0.39 is 0 Å². The Balaban J connectivity index is 1.80. The van der Waals surface area contributed by atoms with Crippen LogP contribution in [0.3, 0.4) is 0 Å². The molecule has 1 unspecified atom stereocenters. The first-order chi connectivity index (χ1) is 10.7. The van der Waals surface area contributed by atoms with Crippen molar-refractivity contribution in [1.29, 1.82) is 0 Å². The maximum atomic E-state index is 12.3. The topological polar surface area (TPSA) is 73.0 Å². The highest BCUT2D eigenvalue weighted by Gasteiger charge is 2.18. The van der Waals surface area contributed by atoms with Gasteiger partial charge in [-0.05, 0) is 33.6 Å². The van der Waals surface area contributed by atoms with E-state index in [1.54, 1.807) is 23.1 Å². The van der Waals surface area contributed by atoms with E-state index in [4.69, 9.17) is 4.42 Å². The largest absolute Gasteiger partial charge is 0.444 e. The molecule has 1 atom stereocenters. The fraction of sp³-hybridized carbons (Fsp3) is 0.133. The maximum absolute atomic E-state index is 12.3. The van der Waals surface area contributed by atoms with Crippen LogP contribution in [0.25, 0.3) is 0 Å². The molecule has 0 fully saturated rings. The molecule has 3 rings (SSSR count). The highest BCUT2D eigenvalue weighted by atomic mass is 79.9. The summed E-state index contributed by atoms with van der Waals surface area (Å²) in [6.07, 6.45) is 3.08. The van der Waals surface area contributed by atoms with E-state index in [9.17, 15) is 4.79 Å². The summed E-state index contributed by atoms with van der Waals surface area (Å²) in [6.45, 7) is 0.484. The van der Waals surface area contributed by atoms with E-state index in [0.29, 0.717) is 11.2 Å². The van der Waals surface area contributed by atoms with E-state index in [0.717, 1.165) is 5.56 Å². The van der Waals surface area contributed by atoms with Crippen LogP contribution in [0.5, 0.6) is 0 Å². The van der Waals surface area contributed by atoms with Crippen molar-refractivity contribution in [3.8, 4) is 0 Å². The molecule has 7 heteroatoms. The minimum atomic E-state index is -0.278. The van der Waals surface area contributed by atoms with Gasteiger partial charge in [0.1, 0.15) is 12.7 Å². The smallest absolute Gasteiger partial charge is 0.287 e. The van der Waals surface area contributed by atoms with Crippen LogP contribution in [0.2, 0.25) is 0 Å². The Bertz CT molecular complexity index is 740. The van der Waals surface area contributed by atoms with E-state index in [1.807, 2.05) is 30.3 Å². The number of nitrogens with zero attached hydrogens (tertiary/aromatic N) is 3. The van der Waals surface area contributed by atoms with Crippen molar-refractivity contribution in [2.45, 2.75) is 12.6 Å². The van der Waals surface area contributed by atoms with Gasteiger partial charge in [-0.25, -0.2) is 4.98 Å². The summed E-state index contributed by atoms with van der Waals surface area (Å²) in [6, 6.07) is 12.8. The molecule has 0 aliphatic carbocycles. The third-order valence-electron chi connectivity index (χ3n) is 3.14. The van der Waals surface area contributed by atoms with Crippen LogP contribution in [0, 0.1) is 0 Å². The predicted octanol–water partition coefficient (Wildman–Crippen LogP) is 2.80. The average Bonchev–Trinajstić information content (AvgIpc) is 3.19. The molecule has 112 valence electrons. The number of furan rings is 1. The van der Waals surface area contributed by atoms with Gasteiger partial charge in [0.15, 0.2) is 10.4 Å². The fourth-order valence-electron chi connectivity index (χ4n) is 2.10. The first kappa shape index (κ1) is 14.5. The molecule has 0 radical (unpaired) electrons. The Kier molecular flexibility index (Phi) is 4.34. The lowest BCUT2D eigenvalue weighted by Crippen LogP contribution is -2.31. The number of hydrogen-bond acceptors (Lipinski definition) is 4. The lowest BCUT2D eigenvalue weighted by atomic mass is 10.1. The maximum Gasteiger partial charge on any atom is 0.287 e. The molecule has 0 aliphatic rings. The van der Waals surface area contributed by atoms with E-state index in [1.165, 1.54) is 6.33 Å². The quantitative estimate of drug-likeness (QED) is 0.759. The van der Waals surface area contributed by atoms with Crippen molar-refractivity contribution < 1.29 is 9.21 Å². The third-order valence-corrected chi connectivity index (χ3v) is 3.57. The third kappa shape index (κ3) is 3.43. The van der Waals surface area contributed by atoms with E-state index in [2.05, 4.69) is 31.3 Å². The summed E-state index contributed by atoms with van der Waals surface area (Å²) in [7, 11) is 0. The van der Waals surface area contributed by atoms with Gasteiger partial charge < -0.3 is 9.73 Å². The second kappa shape index (κ2) is 6.57. The van der Waals surface area contributed by atoms with Gasteiger partial charge in [0.25, 0.3) is 5.91 Å². The Labute approximate surface area is 135 Å². The van der Waals surface area contributed by atoms with Crippen molar-refractivity contribution in [3.05, 3.63) is 71.1 Å². The number of aromatic nitrogens is 3. The van der Waals surface area contributed by atoms with Gasteiger partial charge in [-0.15, -0.1) is 0 Å². The molecule has 2 aromatic heterocycles. The van der Waals surface area contributed by atoms with E-state index >= 15 is 0 Å². The summed E-state index contributed by atoms with van der Waals surface area (Å²) in [5.74, 6) is -0.0222. The monoisotopic (exact) mass is 360 g/mol. The van der Waals surface area contributed by atoms with Crippen LogP contribution in [-0.4, -0.2) is 20.7 Å². The number of hydrogen-bond donors (Lipinski definition) is 1. The van der Waals surface area contributed by atoms with Crippen molar-refractivity contribution in [1.82, 2.24) is 20.1 Å². The van der Waals surface area contributed by atoms with Gasteiger partial charge in [0, 0.05) is 0 Å². The predicted molar refractivity (Wildman–Crippen MR) is 83.1 cm³/mol. The Hall–Kier alpha value is -2.41. The molecular formula is C15H13BrN4O2. The molecule has 1 aromatic carbocycles. The standard InChI is InChI=1S/C15H13BrN4O2/c16-14-7-6-13(22-14)15(21)19-12(8-20-10-17-9-18-20)11-4-2-1-3-5-11/h1-7,9-10,12H,8H2,(H,19,21). The van der Waals surface area contributed by atoms with Crippen LogP contribution in [0.4, 0.5) is 0 Å². The first-order valence-electron chi connectivity index (χ1n) is 6.66. The van der Waals surface area contributed by atoms with Gasteiger partial charge in [-0.3, -0.25) is 9.48 Å². The van der Waals surface area contributed by atoms with Gasteiger partial charge in [0.2, 0.25) is 0 Å². The molecule has 0 aliphatic heterocycles. The first-order valence-corrected chi connectivity index (χ1v) is 7.45. The normalized spacial score (nSPS) is 12.0. The molecule has 2 heterocycles. The van der Waals surface area contributed by atoms with Crippen LogP contribution >= 0.6 is 15.9 Å². The van der Waals surface area contributed by atoms with Gasteiger partial charge in [0.05, 0.1) is 12.6 Å². The highest BCUT2D eigenvalue weighted by Crippen LogP contribution is 2.18. The van der Waals surface area contributed by atoms with Crippen LogP contribution in [0.1, 0.15) is 22.2 Å². The lowest BCUT2D eigenvalue weighted by molar-refractivity contribution is 0.0902. The second-order valence-electron chi connectivity index (χ2n) is 4.66. The number of nitrogens with one attached hydrogen (secondary N) is 1. The zero-order chi connectivity index (χ0) is 15.4. The van der Waals surface area contributed by atoms with Crippen molar-refractivity contribution in [3.63, 3.8) is 0 Å². The molecule has 1 amide bonds. The second-order valence-corrected chi connectivity index (χ2v) is 5.44. The zero-order valence-corrected chi connectivity index (χ0v) is 13.1. The molecule has 3 aromatic rings. The van der Waals surface area contributed by atoms with Crippen molar-refractivity contribution >= 4 is 21.8 Å². The van der Waals surface area contributed by atoms with Gasteiger partial charge in [-0.1, -0.05) is 30.3 Å². The Morgan fingerprint density at radius 2 is 2.09 bits per heavy atom. The van der Waals surface area contributed by atoms with Crippen molar-refractivity contribution in [2.75, 3.05) is 0 Å². The SMILES string of the molecule is O=C(NC(Cn1cncn1)c1ccccc1)c1ccc(Br)o1. The number of carbonyl (C=O) groups is 1. The highest BCUT2D eigenvalue weighted by molar-refractivity contribution is 9.10. The number of halogens is 1. The minimum Gasteiger partial charge on any atom is -0.444 e. The van der Waals surface area contributed by atoms with Crippen LogP contribution in [-0.2, 0) is 6.54 Å². The number of benzene rings is 1. The van der Waals surface area contributed by atoms with Gasteiger partial charge >= 0.3 is 0 Å².